The van der Waals surface area contributed by atoms with Gasteiger partial charge < -0.3 is 5.11 Å². The molecule has 4 heteroatoms. The van der Waals surface area contributed by atoms with Crippen molar-refractivity contribution in [1.82, 2.24) is 5.32 Å². The lowest BCUT2D eigenvalue weighted by atomic mass is 9.65. The van der Waals surface area contributed by atoms with E-state index in [1.54, 1.807) is 6.08 Å². The summed E-state index contributed by atoms with van der Waals surface area (Å²) in [6.07, 6.45) is 17.6. The van der Waals surface area contributed by atoms with Gasteiger partial charge in [-0.3, -0.25) is 5.32 Å². The molecule has 1 fully saturated rings. The van der Waals surface area contributed by atoms with Crippen LogP contribution in [0.15, 0.2) is 70.1 Å². The van der Waals surface area contributed by atoms with E-state index in [4.69, 9.17) is 0 Å². The number of alkyl halides is 1. The molecule has 3 unspecified atom stereocenters. The molecule has 0 bridgehead atoms. The fraction of sp³-hybridized carbons (Fsp3) is 0.571. The lowest BCUT2D eigenvalue weighted by Crippen LogP contribution is -2.43. The number of allylic oxidation sites excluding steroid dienone is 8. The molecule has 0 amide bonds. The van der Waals surface area contributed by atoms with Crippen LogP contribution >= 0.6 is 0 Å². The molecule has 1 saturated carbocycles. The Bertz CT molecular complexity index is 977. The highest BCUT2D eigenvalue weighted by atomic mass is 19.1. The molecular weight excluding hydrogens is 404 g/mol. The minimum absolute atomic E-state index is 0.133. The summed E-state index contributed by atoms with van der Waals surface area (Å²) in [4.78, 5) is 0. The van der Waals surface area contributed by atoms with Crippen molar-refractivity contribution in [2.45, 2.75) is 89.6 Å². The molecular formula is C28H35F2NO. The van der Waals surface area contributed by atoms with Gasteiger partial charge in [-0.15, -0.1) is 0 Å². The third kappa shape index (κ3) is 3.51. The second-order valence-corrected chi connectivity index (χ2v) is 10.3. The molecule has 32 heavy (non-hydrogen) atoms. The van der Waals surface area contributed by atoms with Gasteiger partial charge in [0.15, 0.2) is 0 Å². The maximum absolute atomic E-state index is 15.2. The van der Waals surface area contributed by atoms with E-state index in [1.165, 1.54) is 5.57 Å². The van der Waals surface area contributed by atoms with Crippen LogP contribution in [-0.2, 0) is 0 Å². The fourth-order valence-electron chi connectivity index (χ4n) is 6.58. The van der Waals surface area contributed by atoms with Gasteiger partial charge >= 0.3 is 0 Å². The van der Waals surface area contributed by atoms with Crippen LogP contribution in [0.4, 0.5) is 8.78 Å². The topological polar surface area (TPSA) is 32.3 Å². The number of nitrogens with one attached hydrogen (secondary N) is 1. The van der Waals surface area contributed by atoms with Crippen molar-refractivity contribution in [3.8, 4) is 0 Å². The molecule has 0 aliphatic heterocycles. The lowest BCUT2D eigenvalue weighted by Gasteiger charge is -2.39. The number of halogens is 2. The molecule has 2 N–H and O–H groups in total. The van der Waals surface area contributed by atoms with Crippen molar-refractivity contribution in [3.63, 3.8) is 0 Å². The average Bonchev–Trinajstić information content (AvgIpc) is 3.51. The first-order valence-electron chi connectivity index (χ1n) is 12.4. The second kappa shape index (κ2) is 8.22. The largest absolute Gasteiger partial charge is 0.374 e. The van der Waals surface area contributed by atoms with Crippen LogP contribution in [0.1, 0.15) is 71.6 Å². The normalized spacial score (nSPS) is 34.4. The van der Waals surface area contributed by atoms with Crippen LogP contribution < -0.4 is 5.32 Å². The molecule has 172 valence electrons. The number of rotatable bonds is 6. The monoisotopic (exact) mass is 439 g/mol. The van der Waals surface area contributed by atoms with Gasteiger partial charge in [0.1, 0.15) is 12.4 Å². The van der Waals surface area contributed by atoms with Crippen LogP contribution in [0.25, 0.3) is 0 Å². The summed E-state index contributed by atoms with van der Waals surface area (Å²) in [5.74, 6) is -0.654. The Morgan fingerprint density at radius 3 is 2.56 bits per heavy atom. The molecule has 5 aliphatic carbocycles. The molecule has 0 saturated heterocycles. The average molecular weight is 440 g/mol. The molecule has 4 atom stereocenters. The van der Waals surface area contributed by atoms with Gasteiger partial charge in [-0.25, -0.2) is 8.78 Å². The van der Waals surface area contributed by atoms with Gasteiger partial charge in [0, 0.05) is 28.9 Å². The van der Waals surface area contributed by atoms with Gasteiger partial charge in [0.2, 0.25) is 0 Å². The van der Waals surface area contributed by atoms with E-state index in [9.17, 15) is 9.50 Å². The molecule has 2 nitrogen and oxygen atoms in total. The Hall–Kier alpha value is -1.78. The second-order valence-electron chi connectivity index (χ2n) is 10.3. The Kier molecular flexibility index (Phi) is 5.66. The Balaban J connectivity index is 1.54. The third-order valence-electron chi connectivity index (χ3n) is 8.35. The van der Waals surface area contributed by atoms with Crippen molar-refractivity contribution in [2.24, 2.45) is 11.3 Å². The van der Waals surface area contributed by atoms with Crippen LogP contribution in [0.3, 0.4) is 0 Å². The maximum Gasteiger partial charge on any atom is 0.132 e. The first-order chi connectivity index (χ1) is 15.4. The summed E-state index contributed by atoms with van der Waals surface area (Å²) >= 11 is 0. The van der Waals surface area contributed by atoms with Gasteiger partial charge in [0.05, 0.1) is 5.83 Å². The van der Waals surface area contributed by atoms with Crippen molar-refractivity contribution in [1.29, 1.82) is 0 Å². The van der Waals surface area contributed by atoms with Gasteiger partial charge in [-0.2, -0.15) is 0 Å². The highest BCUT2D eigenvalue weighted by molar-refractivity contribution is 5.60. The number of aliphatic hydroxyl groups excluding tert-OH is 1. The summed E-state index contributed by atoms with van der Waals surface area (Å²) < 4.78 is 29.0. The van der Waals surface area contributed by atoms with E-state index in [1.807, 2.05) is 0 Å². The molecule has 5 rings (SSSR count). The number of hydrogen-bond acceptors (Lipinski definition) is 2. The summed E-state index contributed by atoms with van der Waals surface area (Å²) in [5, 5.41) is 15.2. The maximum atomic E-state index is 15.2. The van der Waals surface area contributed by atoms with Crippen LogP contribution in [0.2, 0.25) is 0 Å². The number of fused-ring (bicyclic) bond motifs is 1. The smallest absolute Gasteiger partial charge is 0.132 e. The van der Waals surface area contributed by atoms with Crippen LogP contribution in [0, 0.1) is 11.3 Å². The quantitative estimate of drug-likeness (QED) is 0.453. The summed E-state index contributed by atoms with van der Waals surface area (Å²) in [6.45, 7) is 4.30. The van der Waals surface area contributed by atoms with Crippen LogP contribution in [-0.4, -0.2) is 23.0 Å². The van der Waals surface area contributed by atoms with E-state index in [2.05, 4.69) is 49.5 Å². The Labute approximate surface area is 190 Å². The Morgan fingerprint density at radius 2 is 1.91 bits per heavy atom. The van der Waals surface area contributed by atoms with Crippen molar-refractivity contribution in [3.05, 3.63) is 70.1 Å². The SMILES string of the molecule is CCC1=C(C2CC=C(F)CC2F)[C@]2(C)CCC=CC2=C1C(O)NC1(C2=CCCC=C2)CC1. The van der Waals surface area contributed by atoms with Crippen LogP contribution in [0.5, 0.6) is 0 Å². The van der Waals surface area contributed by atoms with Crippen molar-refractivity contribution in [2.75, 3.05) is 0 Å². The summed E-state index contributed by atoms with van der Waals surface area (Å²) in [7, 11) is 0. The fourth-order valence-corrected chi connectivity index (χ4v) is 6.58. The van der Waals surface area contributed by atoms with Crippen molar-refractivity contribution >= 4 is 0 Å². The van der Waals surface area contributed by atoms with E-state index in [0.717, 1.165) is 67.2 Å². The molecule has 0 aromatic heterocycles. The number of aliphatic hydroxyl groups is 1. The zero-order chi connectivity index (χ0) is 22.5. The first-order valence-corrected chi connectivity index (χ1v) is 12.4. The van der Waals surface area contributed by atoms with E-state index >= 15 is 4.39 Å². The zero-order valence-electron chi connectivity index (χ0n) is 19.3. The zero-order valence-corrected chi connectivity index (χ0v) is 19.3. The van der Waals surface area contributed by atoms with E-state index in [0.29, 0.717) is 6.42 Å². The number of hydrogen-bond donors (Lipinski definition) is 2. The van der Waals surface area contributed by atoms with Crippen molar-refractivity contribution < 1.29 is 13.9 Å². The highest BCUT2D eigenvalue weighted by Crippen LogP contribution is 2.58. The summed E-state index contributed by atoms with van der Waals surface area (Å²) in [6, 6.07) is 0. The molecule has 5 aliphatic rings. The molecule has 0 aromatic rings. The van der Waals surface area contributed by atoms with E-state index < -0.39 is 12.4 Å². The first kappa shape index (κ1) is 22.0. The van der Waals surface area contributed by atoms with Gasteiger partial charge in [-0.1, -0.05) is 50.3 Å². The van der Waals surface area contributed by atoms with Gasteiger partial charge in [0.25, 0.3) is 0 Å². The summed E-state index contributed by atoms with van der Waals surface area (Å²) in [5.41, 5.74) is 5.09. The highest BCUT2D eigenvalue weighted by Gasteiger charge is 2.51. The standard InChI is InChI=1S/C28H35F2NO/c1-3-20-24(26(32)31-28(15-16-28)18-9-5-4-6-10-18)22-11-7-8-14-27(22,2)25(20)21-13-12-19(29)17-23(21)30/h5,7,9-12,21,23,26,31-32H,3-4,6,8,13-17H2,1-2H3/t21?,23?,26?,27-/m1/s1. The minimum atomic E-state index is -1.21. The molecule has 0 radical (unpaired) electrons. The van der Waals surface area contributed by atoms with Gasteiger partial charge in [-0.05, 0) is 73.7 Å². The molecule has 0 spiro atoms. The predicted octanol–water partition coefficient (Wildman–Crippen LogP) is 6.68. The minimum Gasteiger partial charge on any atom is -0.374 e. The molecule has 0 aromatic carbocycles. The molecule has 0 heterocycles. The lowest BCUT2D eigenvalue weighted by molar-refractivity contribution is 0.158. The predicted molar refractivity (Wildman–Crippen MR) is 125 cm³/mol. The Morgan fingerprint density at radius 1 is 1.12 bits per heavy atom. The third-order valence-corrected chi connectivity index (χ3v) is 8.35. The van der Waals surface area contributed by atoms with E-state index in [-0.39, 0.29) is 29.1 Å².